The molecule has 2 aromatic rings. The number of nitrogens with two attached hydrogens (primary N) is 1. The molecule has 0 aliphatic rings. The van der Waals surface area contributed by atoms with Crippen LogP contribution >= 0.6 is 0 Å². The summed E-state index contributed by atoms with van der Waals surface area (Å²) >= 11 is 0. The SMILES string of the molecule is CCN(Cc1ccnc2ccccc12)CC(C)C(N)=NO. The summed E-state index contributed by atoms with van der Waals surface area (Å²) in [5.74, 6) is 0.288. The van der Waals surface area contributed by atoms with Crippen LogP contribution in [0.4, 0.5) is 0 Å². The predicted molar refractivity (Wildman–Crippen MR) is 85.3 cm³/mol. The zero-order valence-corrected chi connectivity index (χ0v) is 12.5. The number of rotatable bonds is 6. The molecule has 1 atom stereocenters. The minimum Gasteiger partial charge on any atom is -0.409 e. The number of benzene rings is 1. The summed E-state index contributed by atoms with van der Waals surface area (Å²) in [4.78, 5) is 6.67. The van der Waals surface area contributed by atoms with E-state index in [1.165, 1.54) is 10.9 Å². The quantitative estimate of drug-likeness (QED) is 0.370. The molecule has 2 rings (SSSR count). The van der Waals surface area contributed by atoms with Crippen LogP contribution in [0.3, 0.4) is 0 Å². The molecule has 0 fully saturated rings. The number of fused-ring (bicyclic) bond motifs is 1. The zero-order chi connectivity index (χ0) is 15.2. The average molecular weight is 286 g/mol. The lowest BCUT2D eigenvalue weighted by atomic mass is 10.1. The number of oxime groups is 1. The van der Waals surface area contributed by atoms with Crippen molar-refractivity contribution < 1.29 is 5.21 Å². The third-order valence-corrected chi connectivity index (χ3v) is 3.73. The predicted octanol–water partition coefficient (Wildman–Crippen LogP) is 2.44. The maximum Gasteiger partial charge on any atom is 0.143 e. The van der Waals surface area contributed by atoms with E-state index >= 15 is 0 Å². The van der Waals surface area contributed by atoms with E-state index in [0.29, 0.717) is 0 Å². The van der Waals surface area contributed by atoms with Gasteiger partial charge in [0.05, 0.1) is 5.52 Å². The second kappa shape index (κ2) is 7.04. The van der Waals surface area contributed by atoms with Gasteiger partial charge in [0.2, 0.25) is 0 Å². The van der Waals surface area contributed by atoms with E-state index in [1.807, 2.05) is 31.3 Å². The Kier molecular flexibility index (Phi) is 5.11. The van der Waals surface area contributed by atoms with E-state index < -0.39 is 0 Å². The number of amidine groups is 1. The van der Waals surface area contributed by atoms with Gasteiger partial charge in [-0.1, -0.05) is 37.2 Å². The van der Waals surface area contributed by atoms with Crippen molar-refractivity contribution in [2.75, 3.05) is 13.1 Å². The fourth-order valence-electron chi connectivity index (χ4n) is 2.42. The summed E-state index contributed by atoms with van der Waals surface area (Å²) in [5.41, 5.74) is 7.92. The van der Waals surface area contributed by atoms with Crippen LogP contribution in [0.25, 0.3) is 10.9 Å². The molecule has 5 heteroatoms. The van der Waals surface area contributed by atoms with Crippen molar-refractivity contribution in [3.05, 3.63) is 42.1 Å². The second-order valence-corrected chi connectivity index (χ2v) is 5.24. The standard InChI is InChI=1S/C16H22N4O/c1-3-20(10-12(2)16(17)19-21)11-13-8-9-18-15-7-5-4-6-14(13)15/h4-9,12,21H,3,10-11H2,1-2H3,(H2,17,19). The van der Waals surface area contributed by atoms with Gasteiger partial charge in [-0.25, -0.2) is 0 Å². The van der Waals surface area contributed by atoms with Crippen LogP contribution in [0.1, 0.15) is 19.4 Å². The summed E-state index contributed by atoms with van der Waals surface area (Å²) in [6, 6.07) is 10.2. The lowest BCUT2D eigenvalue weighted by Crippen LogP contribution is -2.34. The lowest BCUT2D eigenvalue weighted by Gasteiger charge is -2.24. The highest BCUT2D eigenvalue weighted by Crippen LogP contribution is 2.18. The molecular formula is C16H22N4O. The molecule has 1 unspecified atom stereocenters. The Morgan fingerprint density at radius 1 is 1.38 bits per heavy atom. The third kappa shape index (κ3) is 3.70. The molecule has 21 heavy (non-hydrogen) atoms. The van der Waals surface area contributed by atoms with E-state index in [2.05, 4.69) is 34.1 Å². The van der Waals surface area contributed by atoms with Crippen LogP contribution in [0, 0.1) is 5.92 Å². The van der Waals surface area contributed by atoms with Crippen molar-refractivity contribution in [3.63, 3.8) is 0 Å². The van der Waals surface area contributed by atoms with Crippen LogP contribution in [0.15, 0.2) is 41.7 Å². The van der Waals surface area contributed by atoms with Crippen molar-refractivity contribution in [1.29, 1.82) is 0 Å². The molecule has 0 spiro atoms. The molecule has 0 saturated heterocycles. The van der Waals surface area contributed by atoms with Crippen molar-refractivity contribution in [1.82, 2.24) is 9.88 Å². The van der Waals surface area contributed by atoms with Gasteiger partial charge in [-0.2, -0.15) is 0 Å². The summed E-state index contributed by atoms with van der Waals surface area (Å²) in [6.07, 6.45) is 1.85. The molecule has 112 valence electrons. The number of pyridine rings is 1. The third-order valence-electron chi connectivity index (χ3n) is 3.73. The first-order valence-electron chi connectivity index (χ1n) is 7.18. The van der Waals surface area contributed by atoms with Crippen LogP contribution in [-0.2, 0) is 6.54 Å². The number of aromatic nitrogens is 1. The van der Waals surface area contributed by atoms with E-state index in [4.69, 9.17) is 10.9 Å². The Labute approximate surface area is 125 Å². The molecule has 3 N–H and O–H groups in total. The Morgan fingerprint density at radius 3 is 2.86 bits per heavy atom. The molecule has 1 aromatic heterocycles. The molecule has 0 radical (unpaired) electrons. The normalized spacial score (nSPS) is 13.8. The van der Waals surface area contributed by atoms with E-state index in [1.54, 1.807) is 0 Å². The molecule has 5 nitrogen and oxygen atoms in total. The van der Waals surface area contributed by atoms with Gasteiger partial charge in [0.15, 0.2) is 0 Å². The Balaban J connectivity index is 2.17. The Bertz CT molecular complexity index is 621. The van der Waals surface area contributed by atoms with E-state index in [-0.39, 0.29) is 11.8 Å². The highest BCUT2D eigenvalue weighted by atomic mass is 16.4. The van der Waals surface area contributed by atoms with Crippen molar-refractivity contribution in [3.8, 4) is 0 Å². The highest BCUT2D eigenvalue weighted by molar-refractivity contribution is 5.82. The Morgan fingerprint density at radius 2 is 2.14 bits per heavy atom. The minimum atomic E-state index is 0.0167. The van der Waals surface area contributed by atoms with Crippen LogP contribution in [0.2, 0.25) is 0 Å². The summed E-state index contributed by atoms with van der Waals surface area (Å²) in [7, 11) is 0. The van der Waals surface area contributed by atoms with E-state index in [9.17, 15) is 0 Å². The van der Waals surface area contributed by atoms with Gasteiger partial charge >= 0.3 is 0 Å². The number of nitrogens with zero attached hydrogens (tertiary/aromatic N) is 3. The molecule has 1 aromatic carbocycles. The number of para-hydroxylation sites is 1. The van der Waals surface area contributed by atoms with Gasteiger partial charge in [-0.15, -0.1) is 0 Å². The van der Waals surface area contributed by atoms with Gasteiger partial charge in [-0.3, -0.25) is 9.88 Å². The topological polar surface area (TPSA) is 74.7 Å². The lowest BCUT2D eigenvalue weighted by molar-refractivity contribution is 0.258. The molecule has 0 bridgehead atoms. The Hall–Kier alpha value is -2.14. The number of hydrogen-bond donors (Lipinski definition) is 2. The van der Waals surface area contributed by atoms with Gasteiger partial charge in [0.25, 0.3) is 0 Å². The van der Waals surface area contributed by atoms with Crippen LogP contribution < -0.4 is 5.73 Å². The van der Waals surface area contributed by atoms with Crippen molar-refractivity contribution >= 4 is 16.7 Å². The zero-order valence-electron chi connectivity index (χ0n) is 12.5. The molecular weight excluding hydrogens is 264 g/mol. The maximum absolute atomic E-state index is 8.76. The van der Waals surface area contributed by atoms with E-state index in [0.717, 1.165) is 25.2 Å². The first-order chi connectivity index (χ1) is 10.2. The van der Waals surface area contributed by atoms with Gasteiger partial charge < -0.3 is 10.9 Å². The monoisotopic (exact) mass is 286 g/mol. The van der Waals surface area contributed by atoms with Gasteiger partial charge in [-0.05, 0) is 24.2 Å². The second-order valence-electron chi connectivity index (χ2n) is 5.24. The van der Waals surface area contributed by atoms with Crippen LogP contribution in [-0.4, -0.2) is 34.0 Å². The summed E-state index contributed by atoms with van der Waals surface area (Å²) < 4.78 is 0. The largest absolute Gasteiger partial charge is 0.409 e. The fourth-order valence-corrected chi connectivity index (χ4v) is 2.42. The first-order valence-corrected chi connectivity index (χ1v) is 7.18. The highest BCUT2D eigenvalue weighted by Gasteiger charge is 2.14. The van der Waals surface area contributed by atoms with Crippen LogP contribution in [0.5, 0.6) is 0 Å². The summed E-state index contributed by atoms with van der Waals surface area (Å²) in [6.45, 7) is 6.55. The minimum absolute atomic E-state index is 0.0167. The van der Waals surface area contributed by atoms with Gasteiger partial charge in [0, 0.05) is 30.6 Å². The molecule has 0 aliphatic carbocycles. The van der Waals surface area contributed by atoms with Crippen molar-refractivity contribution in [2.45, 2.75) is 20.4 Å². The number of hydrogen-bond acceptors (Lipinski definition) is 4. The molecule has 0 saturated carbocycles. The fraction of sp³-hybridized carbons (Fsp3) is 0.375. The summed E-state index contributed by atoms with van der Waals surface area (Å²) in [5, 5.41) is 13.0. The molecule has 0 amide bonds. The maximum atomic E-state index is 8.76. The van der Waals surface area contributed by atoms with Crippen molar-refractivity contribution in [2.24, 2.45) is 16.8 Å². The average Bonchev–Trinajstić information content (AvgIpc) is 2.53. The van der Waals surface area contributed by atoms with Gasteiger partial charge in [0.1, 0.15) is 5.84 Å². The smallest absolute Gasteiger partial charge is 0.143 e. The first kappa shape index (κ1) is 15.3. The molecule has 1 heterocycles. The molecule has 0 aliphatic heterocycles.